The van der Waals surface area contributed by atoms with Crippen molar-refractivity contribution in [3.05, 3.63) is 48.0 Å². The van der Waals surface area contributed by atoms with Crippen molar-refractivity contribution in [1.29, 1.82) is 0 Å². The van der Waals surface area contributed by atoms with Gasteiger partial charge in [0.2, 0.25) is 0 Å². The lowest BCUT2D eigenvalue weighted by atomic mass is 9.99. The Morgan fingerprint density at radius 2 is 1.83 bits per heavy atom. The summed E-state index contributed by atoms with van der Waals surface area (Å²) in [5, 5.41) is 6.39. The number of benzene rings is 2. The lowest BCUT2D eigenvalue weighted by Crippen LogP contribution is -2.30. The van der Waals surface area contributed by atoms with Gasteiger partial charge in [0.25, 0.3) is 0 Å². The van der Waals surface area contributed by atoms with Crippen molar-refractivity contribution in [2.24, 2.45) is 0 Å². The third-order valence-electron chi connectivity index (χ3n) is 3.96. The van der Waals surface area contributed by atoms with E-state index < -0.39 is 0 Å². The number of nitrogens with one attached hydrogen (secondary N) is 1. The Bertz CT molecular complexity index is 510. The molecule has 1 aliphatic heterocycles. The summed E-state index contributed by atoms with van der Waals surface area (Å²) in [5.41, 5.74) is 1.47. The van der Waals surface area contributed by atoms with Gasteiger partial charge in [-0.1, -0.05) is 55.3 Å². The maximum Gasteiger partial charge on any atom is 0.0107 e. The highest BCUT2D eigenvalue weighted by atomic mass is 14.9. The molecule has 1 fully saturated rings. The third kappa shape index (κ3) is 2.73. The molecule has 2 aromatic rings. The molecule has 0 spiro atoms. The van der Waals surface area contributed by atoms with E-state index in [-0.39, 0.29) is 0 Å². The van der Waals surface area contributed by atoms with Crippen LogP contribution in [0.4, 0.5) is 0 Å². The molecule has 1 N–H and O–H groups in total. The van der Waals surface area contributed by atoms with E-state index in [0.29, 0.717) is 6.04 Å². The second-order valence-electron chi connectivity index (χ2n) is 5.39. The van der Waals surface area contributed by atoms with Crippen LogP contribution in [0.5, 0.6) is 0 Å². The highest BCUT2D eigenvalue weighted by Crippen LogP contribution is 2.18. The highest BCUT2D eigenvalue weighted by Gasteiger charge is 2.11. The molecule has 1 nitrogen and oxygen atoms in total. The Morgan fingerprint density at radius 1 is 0.944 bits per heavy atom. The summed E-state index contributed by atoms with van der Waals surface area (Å²) < 4.78 is 0. The zero-order chi connectivity index (χ0) is 12.2. The Kier molecular flexibility index (Phi) is 3.61. The van der Waals surface area contributed by atoms with Crippen LogP contribution in [0.25, 0.3) is 10.8 Å². The average molecular weight is 239 g/mol. The fraction of sp³-hybridized carbons (Fsp3) is 0.412. The molecule has 0 aliphatic carbocycles. The molecule has 0 bridgehead atoms. The van der Waals surface area contributed by atoms with Gasteiger partial charge in [0.1, 0.15) is 0 Å². The van der Waals surface area contributed by atoms with Crippen LogP contribution in [0.15, 0.2) is 42.5 Å². The third-order valence-corrected chi connectivity index (χ3v) is 3.96. The maximum absolute atomic E-state index is 3.68. The van der Waals surface area contributed by atoms with Gasteiger partial charge in [-0.15, -0.1) is 0 Å². The lowest BCUT2D eigenvalue weighted by Gasteiger charge is -2.16. The predicted octanol–water partition coefficient (Wildman–Crippen LogP) is 3.91. The fourth-order valence-corrected chi connectivity index (χ4v) is 2.93. The summed E-state index contributed by atoms with van der Waals surface area (Å²) in [6, 6.07) is 16.2. The van der Waals surface area contributed by atoms with Crippen LogP contribution >= 0.6 is 0 Å². The Hall–Kier alpha value is -1.34. The monoisotopic (exact) mass is 239 g/mol. The van der Waals surface area contributed by atoms with Gasteiger partial charge >= 0.3 is 0 Å². The minimum Gasteiger partial charge on any atom is -0.314 e. The van der Waals surface area contributed by atoms with E-state index in [0.717, 1.165) is 0 Å². The molecule has 1 aliphatic rings. The standard InChI is InChI=1S/C17H21N/c1-2-8-17(18-11-5-1)13-14-9-10-15-6-3-4-7-16(15)12-14/h3-4,6-7,9-10,12,17-18H,1-2,5,8,11,13H2. The first-order chi connectivity index (χ1) is 8.92. The van der Waals surface area contributed by atoms with Gasteiger partial charge in [0.15, 0.2) is 0 Å². The van der Waals surface area contributed by atoms with Crippen molar-refractivity contribution in [3.8, 4) is 0 Å². The van der Waals surface area contributed by atoms with E-state index in [1.807, 2.05) is 0 Å². The van der Waals surface area contributed by atoms with Gasteiger partial charge in [-0.05, 0) is 42.1 Å². The molecule has 0 amide bonds. The molecule has 3 rings (SSSR count). The maximum atomic E-state index is 3.68. The summed E-state index contributed by atoms with van der Waals surface area (Å²) in [6.07, 6.45) is 6.61. The van der Waals surface area contributed by atoms with E-state index in [1.165, 1.54) is 55.0 Å². The van der Waals surface area contributed by atoms with Crippen LogP contribution in [0.2, 0.25) is 0 Å². The van der Waals surface area contributed by atoms with E-state index in [2.05, 4.69) is 47.8 Å². The molecule has 2 aromatic carbocycles. The summed E-state index contributed by atoms with van der Waals surface area (Å²) in [6.45, 7) is 1.19. The first kappa shape index (κ1) is 11.7. The Morgan fingerprint density at radius 3 is 2.78 bits per heavy atom. The van der Waals surface area contributed by atoms with Crippen LogP contribution < -0.4 is 5.32 Å². The van der Waals surface area contributed by atoms with Crippen molar-refractivity contribution in [3.63, 3.8) is 0 Å². The molecule has 0 aromatic heterocycles. The second-order valence-corrected chi connectivity index (χ2v) is 5.39. The summed E-state index contributed by atoms with van der Waals surface area (Å²) >= 11 is 0. The molecule has 18 heavy (non-hydrogen) atoms. The van der Waals surface area contributed by atoms with E-state index >= 15 is 0 Å². The fourth-order valence-electron chi connectivity index (χ4n) is 2.93. The van der Waals surface area contributed by atoms with Crippen LogP contribution in [-0.4, -0.2) is 12.6 Å². The normalized spacial score (nSPS) is 20.8. The van der Waals surface area contributed by atoms with Gasteiger partial charge in [-0.3, -0.25) is 0 Å². The largest absolute Gasteiger partial charge is 0.314 e. The van der Waals surface area contributed by atoms with E-state index in [1.54, 1.807) is 0 Å². The second kappa shape index (κ2) is 5.53. The smallest absolute Gasteiger partial charge is 0.0107 e. The Balaban J connectivity index is 1.77. The summed E-state index contributed by atoms with van der Waals surface area (Å²) in [7, 11) is 0. The van der Waals surface area contributed by atoms with Crippen molar-refractivity contribution < 1.29 is 0 Å². The quantitative estimate of drug-likeness (QED) is 0.837. The lowest BCUT2D eigenvalue weighted by molar-refractivity contribution is 0.508. The molecule has 1 heteroatoms. The number of fused-ring (bicyclic) bond motifs is 1. The van der Waals surface area contributed by atoms with Gasteiger partial charge < -0.3 is 5.32 Å². The summed E-state index contributed by atoms with van der Waals surface area (Å²) in [4.78, 5) is 0. The number of hydrogen-bond acceptors (Lipinski definition) is 1. The minimum atomic E-state index is 0.675. The van der Waals surface area contributed by atoms with E-state index in [9.17, 15) is 0 Å². The van der Waals surface area contributed by atoms with Crippen molar-refractivity contribution in [2.45, 2.75) is 38.1 Å². The van der Waals surface area contributed by atoms with Crippen molar-refractivity contribution in [1.82, 2.24) is 5.32 Å². The topological polar surface area (TPSA) is 12.0 Å². The van der Waals surface area contributed by atoms with Crippen molar-refractivity contribution >= 4 is 10.8 Å². The van der Waals surface area contributed by atoms with Gasteiger partial charge in [-0.2, -0.15) is 0 Å². The molecule has 94 valence electrons. The molecule has 1 atom stereocenters. The van der Waals surface area contributed by atoms with Crippen LogP contribution in [-0.2, 0) is 6.42 Å². The number of rotatable bonds is 2. The first-order valence-electron chi connectivity index (χ1n) is 7.13. The van der Waals surface area contributed by atoms with Gasteiger partial charge in [-0.25, -0.2) is 0 Å². The van der Waals surface area contributed by atoms with Crippen LogP contribution in [0, 0.1) is 0 Å². The molecule has 1 saturated heterocycles. The SMILES string of the molecule is c1ccc2cc(CC3CCCCCN3)ccc2c1. The predicted molar refractivity (Wildman–Crippen MR) is 77.9 cm³/mol. The first-order valence-corrected chi connectivity index (χ1v) is 7.13. The van der Waals surface area contributed by atoms with Gasteiger partial charge in [0, 0.05) is 6.04 Å². The zero-order valence-electron chi connectivity index (χ0n) is 10.9. The van der Waals surface area contributed by atoms with Gasteiger partial charge in [0.05, 0.1) is 0 Å². The van der Waals surface area contributed by atoms with E-state index in [4.69, 9.17) is 0 Å². The van der Waals surface area contributed by atoms with Crippen LogP contribution in [0.1, 0.15) is 31.2 Å². The van der Waals surface area contributed by atoms with Crippen molar-refractivity contribution in [2.75, 3.05) is 6.54 Å². The summed E-state index contributed by atoms with van der Waals surface area (Å²) in [5.74, 6) is 0. The highest BCUT2D eigenvalue weighted by molar-refractivity contribution is 5.82. The minimum absolute atomic E-state index is 0.675. The Labute approximate surface area is 109 Å². The molecular weight excluding hydrogens is 218 g/mol. The zero-order valence-corrected chi connectivity index (χ0v) is 10.9. The molecule has 1 unspecified atom stereocenters. The molecule has 0 saturated carbocycles. The average Bonchev–Trinajstić information content (AvgIpc) is 2.67. The number of hydrogen-bond donors (Lipinski definition) is 1. The molecule has 1 heterocycles. The van der Waals surface area contributed by atoms with Crippen LogP contribution in [0.3, 0.4) is 0 Å². The molecular formula is C17H21N. The molecule has 0 radical (unpaired) electrons.